The van der Waals surface area contributed by atoms with Gasteiger partial charge in [0.15, 0.2) is 5.82 Å². The van der Waals surface area contributed by atoms with E-state index < -0.39 is 23.0 Å². The lowest BCUT2D eigenvalue weighted by Crippen LogP contribution is -2.32. The van der Waals surface area contributed by atoms with Crippen LogP contribution in [0.2, 0.25) is 0 Å². The van der Waals surface area contributed by atoms with Crippen molar-refractivity contribution in [3.63, 3.8) is 0 Å². The standard InChI is InChI=1S/C22H22F3N5O3.ClH/c1-13-26-19(33-28-13)17-11-30(20(32)27-18(17)31)8-2-7-29-10-16-9-21(16,12-29)14-3-5-15(6-4-14)22(23,24)25;/h3-6,11,16H,2,7-10,12H2,1H3,(H,27,31,32);1H/t16-,21+;/m0./s1. The Labute approximate surface area is 198 Å². The summed E-state index contributed by atoms with van der Waals surface area (Å²) in [6.45, 7) is 4.43. The first-order valence-electron chi connectivity index (χ1n) is 10.7. The number of fused-ring (bicyclic) bond motifs is 1. The van der Waals surface area contributed by atoms with Gasteiger partial charge in [-0.05, 0) is 49.9 Å². The number of aryl methyl sites for hydroxylation is 2. The molecule has 0 amide bonds. The molecule has 12 heteroatoms. The molecule has 2 aliphatic rings. The molecule has 1 saturated heterocycles. The van der Waals surface area contributed by atoms with Gasteiger partial charge in [-0.2, -0.15) is 18.2 Å². The number of alkyl halides is 3. The zero-order chi connectivity index (χ0) is 23.4. The van der Waals surface area contributed by atoms with Crippen LogP contribution in [0.3, 0.4) is 0 Å². The van der Waals surface area contributed by atoms with Crippen molar-refractivity contribution in [1.29, 1.82) is 0 Å². The number of nitrogens with one attached hydrogen (secondary N) is 1. The monoisotopic (exact) mass is 497 g/mol. The van der Waals surface area contributed by atoms with E-state index in [2.05, 4.69) is 20.0 Å². The summed E-state index contributed by atoms with van der Waals surface area (Å²) in [4.78, 5) is 32.9. The quantitative estimate of drug-likeness (QED) is 0.562. The molecule has 2 aromatic heterocycles. The Bertz CT molecular complexity index is 1300. The molecule has 1 N–H and O–H groups in total. The van der Waals surface area contributed by atoms with Crippen LogP contribution < -0.4 is 11.2 Å². The maximum atomic E-state index is 12.9. The lowest BCUT2D eigenvalue weighted by atomic mass is 9.94. The zero-order valence-electron chi connectivity index (χ0n) is 18.3. The van der Waals surface area contributed by atoms with Crippen LogP contribution in [-0.2, 0) is 18.1 Å². The van der Waals surface area contributed by atoms with Crippen molar-refractivity contribution in [2.45, 2.75) is 37.9 Å². The van der Waals surface area contributed by atoms with Crippen LogP contribution in [0.4, 0.5) is 13.2 Å². The summed E-state index contributed by atoms with van der Waals surface area (Å²) in [7, 11) is 0. The summed E-state index contributed by atoms with van der Waals surface area (Å²) >= 11 is 0. The minimum absolute atomic E-state index is 0. The average Bonchev–Trinajstić information content (AvgIpc) is 3.09. The van der Waals surface area contributed by atoms with Crippen molar-refractivity contribution in [2.24, 2.45) is 5.92 Å². The number of halogens is 4. The van der Waals surface area contributed by atoms with E-state index in [-0.39, 0.29) is 29.3 Å². The van der Waals surface area contributed by atoms with E-state index in [0.717, 1.165) is 43.8 Å². The second-order valence-electron chi connectivity index (χ2n) is 8.86. The predicted molar refractivity (Wildman–Crippen MR) is 119 cm³/mol. The molecule has 8 nitrogen and oxygen atoms in total. The Morgan fingerprint density at radius 3 is 2.59 bits per heavy atom. The van der Waals surface area contributed by atoms with Gasteiger partial charge >= 0.3 is 11.9 Å². The van der Waals surface area contributed by atoms with E-state index in [1.54, 1.807) is 19.1 Å². The van der Waals surface area contributed by atoms with Crippen LogP contribution >= 0.6 is 12.4 Å². The van der Waals surface area contributed by atoms with Gasteiger partial charge in [0.25, 0.3) is 11.4 Å². The van der Waals surface area contributed by atoms with E-state index in [1.165, 1.54) is 10.8 Å². The van der Waals surface area contributed by atoms with Crippen molar-refractivity contribution in [3.8, 4) is 11.5 Å². The van der Waals surface area contributed by atoms with Gasteiger partial charge < -0.3 is 9.42 Å². The van der Waals surface area contributed by atoms with Crippen molar-refractivity contribution in [1.82, 2.24) is 24.6 Å². The van der Waals surface area contributed by atoms with Crippen LogP contribution in [0.5, 0.6) is 0 Å². The number of hydrogen-bond donors (Lipinski definition) is 1. The third kappa shape index (κ3) is 4.41. The molecule has 0 bridgehead atoms. The van der Waals surface area contributed by atoms with Gasteiger partial charge in [0, 0.05) is 31.2 Å². The topological polar surface area (TPSA) is 97.0 Å². The van der Waals surface area contributed by atoms with E-state index in [1.807, 2.05) is 0 Å². The van der Waals surface area contributed by atoms with Gasteiger partial charge in [0.2, 0.25) is 0 Å². The first-order chi connectivity index (χ1) is 15.7. The Kier molecular flexibility index (Phi) is 6.19. The molecular formula is C22H23ClF3N5O3. The van der Waals surface area contributed by atoms with Gasteiger partial charge in [-0.1, -0.05) is 17.3 Å². The number of nitrogens with zero attached hydrogens (tertiary/aromatic N) is 4. The largest absolute Gasteiger partial charge is 0.416 e. The number of H-pyrrole nitrogens is 1. The van der Waals surface area contributed by atoms with Gasteiger partial charge in [-0.25, -0.2) is 4.79 Å². The van der Waals surface area contributed by atoms with Crippen molar-refractivity contribution in [2.75, 3.05) is 19.6 Å². The van der Waals surface area contributed by atoms with Crippen LogP contribution in [0.25, 0.3) is 11.5 Å². The highest BCUT2D eigenvalue weighted by molar-refractivity contribution is 5.85. The van der Waals surface area contributed by atoms with E-state index >= 15 is 0 Å². The molecule has 1 saturated carbocycles. The SMILES string of the molecule is Cc1noc(-c2cn(CCCN3C[C@@H]4C[C@]4(c4ccc(C(F)(F)F)cc4)C3)c(=O)[nH]c2=O)n1.Cl. The number of piperidine rings is 1. The van der Waals surface area contributed by atoms with Gasteiger partial charge in [-0.3, -0.25) is 14.3 Å². The number of rotatable bonds is 6. The molecule has 182 valence electrons. The molecule has 1 aliphatic heterocycles. The highest BCUT2D eigenvalue weighted by Crippen LogP contribution is 2.59. The van der Waals surface area contributed by atoms with E-state index in [9.17, 15) is 22.8 Å². The second-order valence-corrected chi connectivity index (χ2v) is 8.86. The Balaban J connectivity index is 0.00000274. The maximum Gasteiger partial charge on any atom is 0.416 e. The molecule has 5 rings (SSSR count). The molecule has 0 spiro atoms. The van der Waals surface area contributed by atoms with Gasteiger partial charge in [0.05, 0.1) is 5.56 Å². The van der Waals surface area contributed by atoms with Crippen molar-refractivity contribution in [3.05, 3.63) is 68.3 Å². The van der Waals surface area contributed by atoms with Crippen molar-refractivity contribution >= 4 is 12.4 Å². The molecule has 34 heavy (non-hydrogen) atoms. The summed E-state index contributed by atoms with van der Waals surface area (Å²) in [6.07, 6.45) is -1.24. The fraction of sp³-hybridized carbons (Fsp3) is 0.455. The number of aromatic amines is 1. The van der Waals surface area contributed by atoms with Crippen LogP contribution in [0, 0.1) is 12.8 Å². The number of likely N-dealkylation sites (tertiary alicyclic amines) is 1. The zero-order valence-corrected chi connectivity index (χ0v) is 19.1. The maximum absolute atomic E-state index is 12.9. The molecule has 3 heterocycles. The molecule has 3 aromatic rings. The minimum atomic E-state index is -4.33. The summed E-state index contributed by atoms with van der Waals surface area (Å²) in [6, 6.07) is 5.53. The first kappa shape index (κ1) is 24.2. The summed E-state index contributed by atoms with van der Waals surface area (Å²) in [5.74, 6) is 0.884. The molecule has 1 aromatic carbocycles. The van der Waals surface area contributed by atoms with Gasteiger partial charge in [-0.15, -0.1) is 12.4 Å². The summed E-state index contributed by atoms with van der Waals surface area (Å²) in [5.41, 5.74) is -0.695. The van der Waals surface area contributed by atoms with Crippen LogP contribution in [0.15, 0.2) is 44.6 Å². The van der Waals surface area contributed by atoms with Crippen LogP contribution in [0.1, 0.15) is 29.8 Å². The first-order valence-corrected chi connectivity index (χ1v) is 10.7. The van der Waals surface area contributed by atoms with Gasteiger partial charge in [0.1, 0.15) is 5.56 Å². The Morgan fingerprint density at radius 1 is 1.21 bits per heavy atom. The van der Waals surface area contributed by atoms with E-state index in [4.69, 9.17) is 4.52 Å². The van der Waals surface area contributed by atoms with E-state index in [0.29, 0.717) is 24.7 Å². The number of hydrogen-bond acceptors (Lipinski definition) is 6. The highest BCUT2D eigenvalue weighted by atomic mass is 35.5. The van der Waals surface area contributed by atoms with Crippen LogP contribution in [-0.4, -0.2) is 44.2 Å². The fourth-order valence-electron chi connectivity index (χ4n) is 4.89. The second kappa shape index (κ2) is 8.70. The smallest absolute Gasteiger partial charge is 0.334 e. The molecule has 0 radical (unpaired) electrons. The predicted octanol–water partition coefficient (Wildman–Crippen LogP) is 3.00. The number of benzene rings is 1. The summed E-state index contributed by atoms with van der Waals surface area (Å²) in [5, 5.41) is 3.67. The Morgan fingerprint density at radius 2 is 1.94 bits per heavy atom. The summed E-state index contributed by atoms with van der Waals surface area (Å²) < 4.78 is 45.0. The third-order valence-electron chi connectivity index (χ3n) is 6.65. The van der Waals surface area contributed by atoms with Crippen molar-refractivity contribution < 1.29 is 17.7 Å². The molecule has 0 unspecified atom stereocenters. The minimum Gasteiger partial charge on any atom is -0.334 e. The lowest BCUT2D eigenvalue weighted by molar-refractivity contribution is -0.137. The molecule has 2 fully saturated rings. The third-order valence-corrected chi connectivity index (χ3v) is 6.65. The molecular weight excluding hydrogens is 475 g/mol. The average molecular weight is 498 g/mol. The normalized spacial score (nSPS) is 21.8. The molecule has 1 aliphatic carbocycles. The fourth-order valence-corrected chi connectivity index (χ4v) is 4.89. The Hall–Kier alpha value is -2.92. The number of aromatic nitrogens is 4. The highest BCUT2D eigenvalue weighted by Gasteiger charge is 2.60. The lowest BCUT2D eigenvalue weighted by Gasteiger charge is -2.21. The molecule has 2 atom stereocenters.